The van der Waals surface area contributed by atoms with Crippen molar-refractivity contribution in [3.05, 3.63) is 28.2 Å². The van der Waals surface area contributed by atoms with E-state index in [1.165, 1.54) is 25.7 Å². The zero-order valence-corrected chi connectivity index (χ0v) is 9.20. The van der Waals surface area contributed by atoms with E-state index < -0.39 is 0 Å². The van der Waals surface area contributed by atoms with E-state index in [-0.39, 0.29) is 5.56 Å². The lowest BCUT2D eigenvalue weighted by atomic mass is 10.1. The maximum Gasteiger partial charge on any atom is 0.250 e. The Morgan fingerprint density at radius 3 is 2.80 bits per heavy atom. The third-order valence-electron chi connectivity index (χ3n) is 3.30. The van der Waals surface area contributed by atoms with E-state index in [0.29, 0.717) is 11.6 Å². The van der Waals surface area contributed by atoms with Crippen LogP contribution in [0.25, 0.3) is 0 Å². The van der Waals surface area contributed by atoms with Gasteiger partial charge in [-0.1, -0.05) is 12.8 Å². The van der Waals surface area contributed by atoms with Crippen molar-refractivity contribution in [3.8, 4) is 0 Å². The highest BCUT2D eigenvalue weighted by Gasteiger charge is 2.16. The fourth-order valence-corrected chi connectivity index (χ4v) is 2.30. The first-order valence-corrected chi connectivity index (χ1v) is 5.63. The van der Waals surface area contributed by atoms with Gasteiger partial charge in [0.05, 0.1) is 5.69 Å². The van der Waals surface area contributed by atoms with Gasteiger partial charge in [0.25, 0.3) is 5.56 Å². The number of nitrogen functional groups attached to an aromatic ring is 1. The summed E-state index contributed by atoms with van der Waals surface area (Å²) in [6, 6.07) is 1.63. The monoisotopic (exact) mass is 206 g/mol. The van der Waals surface area contributed by atoms with Crippen LogP contribution in [0.3, 0.4) is 0 Å². The van der Waals surface area contributed by atoms with Crippen LogP contribution in [0.4, 0.5) is 5.69 Å². The van der Waals surface area contributed by atoms with E-state index in [1.54, 1.807) is 16.8 Å². The Morgan fingerprint density at radius 2 is 2.13 bits per heavy atom. The van der Waals surface area contributed by atoms with Gasteiger partial charge in [0.1, 0.15) is 0 Å². The second kappa shape index (κ2) is 4.09. The molecule has 3 heteroatoms. The predicted octanol–water partition coefficient (Wildman–Crippen LogP) is 1.93. The number of nitrogens with zero attached hydrogens (tertiary/aromatic N) is 1. The van der Waals surface area contributed by atoms with Crippen molar-refractivity contribution in [3.63, 3.8) is 0 Å². The molecular formula is C12H18N2O. The molecule has 15 heavy (non-hydrogen) atoms. The van der Waals surface area contributed by atoms with Crippen LogP contribution >= 0.6 is 0 Å². The summed E-state index contributed by atoms with van der Waals surface area (Å²) >= 11 is 0. The average Bonchev–Trinajstić information content (AvgIpc) is 2.67. The van der Waals surface area contributed by atoms with Gasteiger partial charge in [-0.15, -0.1) is 0 Å². The highest BCUT2D eigenvalue weighted by molar-refractivity contribution is 5.42. The first kappa shape index (κ1) is 10.3. The minimum atomic E-state index is 0.0774. The second-order valence-electron chi connectivity index (χ2n) is 4.55. The van der Waals surface area contributed by atoms with E-state index in [1.807, 2.05) is 6.92 Å². The van der Waals surface area contributed by atoms with Crippen LogP contribution in [-0.4, -0.2) is 4.57 Å². The molecular weight excluding hydrogens is 188 g/mol. The Bertz CT molecular complexity index is 403. The Labute approximate surface area is 89.9 Å². The molecule has 0 saturated heterocycles. The van der Waals surface area contributed by atoms with Gasteiger partial charge in [-0.3, -0.25) is 4.79 Å². The van der Waals surface area contributed by atoms with Crippen molar-refractivity contribution in [2.24, 2.45) is 5.92 Å². The smallest absolute Gasteiger partial charge is 0.250 e. The number of hydrogen-bond acceptors (Lipinski definition) is 2. The number of rotatable bonds is 2. The summed E-state index contributed by atoms with van der Waals surface area (Å²) in [5, 5.41) is 0. The van der Waals surface area contributed by atoms with Gasteiger partial charge in [0.2, 0.25) is 0 Å². The lowest BCUT2D eigenvalue weighted by Gasteiger charge is -2.12. The van der Waals surface area contributed by atoms with Crippen molar-refractivity contribution < 1.29 is 0 Å². The van der Waals surface area contributed by atoms with Crippen molar-refractivity contribution in [1.82, 2.24) is 4.57 Å². The minimum Gasteiger partial charge on any atom is -0.397 e. The van der Waals surface area contributed by atoms with Crippen molar-refractivity contribution >= 4 is 5.69 Å². The molecule has 82 valence electrons. The van der Waals surface area contributed by atoms with Crippen LogP contribution in [0, 0.1) is 12.8 Å². The van der Waals surface area contributed by atoms with Crippen molar-refractivity contribution in [2.45, 2.75) is 39.2 Å². The summed E-state index contributed by atoms with van der Waals surface area (Å²) in [4.78, 5) is 11.7. The quantitative estimate of drug-likeness (QED) is 0.803. The number of pyridine rings is 1. The molecule has 1 aliphatic rings. The molecule has 1 aromatic rings. The topological polar surface area (TPSA) is 48.0 Å². The molecule has 0 aliphatic heterocycles. The van der Waals surface area contributed by atoms with Gasteiger partial charge in [-0.25, -0.2) is 0 Å². The standard InChI is InChI=1S/C12H18N2O/c1-9-6-12(15)14(8-11(9)13)7-10-4-2-3-5-10/h6,8,10H,2-5,7,13H2,1H3. The van der Waals surface area contributed by atoms with E-state index in [4.69, 9.17) is 5.73 Å². The molecule has 2 rings (SSSR count). The molecule has 0 aromatic carbocycles. The molecule has 1 saturated carbocycles. The molecule has 1 aromatic heterocycles. The molecule has 1 aliphatic carbocycles. The number of anilines is 1. The van der Waals surface area contributed by atoms with Gasteiger partial charge < -0.3 is 10.3 Å². The molecule has 1 fully saturated rings. The highest BCUT2D eigenvalue weighted by Crippen LogP contribution is 2.25. The van der Waals surface area contributed by atoms with Gasteiger partial charge >= 0.3 is 0 Å². The Balaban J connectivity index is 2.20. The third kappa shape index (κ3) is 2.22. The van der Waals surface area contributed by atoms with E-state index in [2.05, 4.69) is 0 Å². The van der Waals surface area contributed by atoms with Crippen LogP contribution in [-0.2, 0) is 6.54 Å². The first-order valence-electron chi connectivity index (χ1n) is 5.63. The van der Waals surface area contributed by atoms with E-state index in [0.717, 1.165) is 12.1 Å². The number of aromatic nitrogens is 1. The molecule has 0 spiro atoms. The normalized spacial score (nSPS) is 17.1. The minimum absolute atomic E-state index is 0.0774. The second-order valence-corrected chi connectivity index (χ2v) is 4.55. The number of aryl methyl sites for hydroxylation is 1. The van der Waals surface area contributed by atoms with Crippen LogP contribution in [0.15, 0.2) is 17.1 Å². The van der Waals surface area contributed by atoms with Crippen molar-refractivity contribution in [2.75, 3.05) is 5.73 Å². The van der Waals surface area contributed by atoms with Gasteiger partial charge in [0.15, 0.2) is 0 Å². The Hall–Kier alpha value is -1.25. The molecule has 0 atom stereocenters. The SMILES string of the molecule is Cc1cc(=O)n(CC2CCCC2)cc1N. The highest BCUT2D eigenvalue weighted by atomic mass is 16.1. The lowest BCUT2D eigenvalue weighted by molar-refractivity contribution is 0.449. The molecule has 0 radical (unpaired) electrons. The van der Waals surface area contributed by atoms with Gasteiger partial charge in [0, 0.05) is 18.8 Å². The molecule has 1 heterocycles. The number of nitrogens with two attached hydrogens (primary N) is 1. The Morgan fingerprint density at radius 1 is 1.47 bits per heavy atom. The zero-order chi connectivity index (χ0) is 10.8. The maximum absolute atomic E-state index is 11.7. The summed E-state index contributed by atoms with van der Waals surface area (Å²) in [7, 11) is 0. The van der Waals surface area contributed by atoms with E-state index in [9.17, 15) is 4.79 Å². The van der Waals surface area contributed by atoms with E-state index >= 15 is 0 Å². The maximum atomic E-state index is 11.7. The molecule has 0 amide bonds. The van der Waals surface area contributed by atoms with Gasteiger partial charge in [-0.05, 0) is 31.2 Å². The third-order valence-corrected chi connectivity index (χ3v) is 3.30. The lowest BCUT2D eigenvalue weighted by Crippen LogP contribution is -2.23. The van der Waals surface area contributed by atoms with Crippen LogP contribution < -0.4 is 11.3 Å². The molecule has 3 nitrogen and oxygen atoms in total. The van der Waals surface area contributed by atoms with Crippen molar-refractivity contribution in [1.29, 1.82) is 0 Å². The summed E-state index contributed by atoms with van der Waals surface area (Å²) < 4.78 is 1.76. The molecule has 0 unspecified atom stereocenters. The summed E-state index contributed by atoms with van der Waals surface area (Å²) in [5.74, 6) is 0.671. The van der Waals surface area contributed by atoms with Crippen LogP contribution in [0.5, 0.6) is 0 Å². The molecule has 2 N–H and O–H groups in total. The summed E-state index contributed by atoms with van der Waals surface area (Å²) in [6.45, 7) is 2.71. The Kier molecular flexibility index (Phi) is 2.80. The van der Waals surface area contributed by atoms with Gasteiger partial charge in [-0.2, -0.15) is 0 Å². The van der Waals surface area contributed by atoms with Crippen LogP contribution in [0.2, 0.25) is 0 Å². The summed E-state index contributed by atoms with van der Waals surface area (Å²) in [6.07, 6.45) is 6.90. The number of hydrogen-bond donors (Lipinski definition) is 1. The van der Waals surface area contributed by atoms with Crippen LogP contribution in [0.1, 0.15) is 31.2 Å². The fourth-order valence-electron chi connectivity index (χ4n) is 2.30. The molecule has 0 bridgehead atoms. The average molecular weight is 206 g/mol. The summed E-state index contributed by atoms with van der Waals surface area (Å²) in [5.41, 5.74) is 7.47. The zero-order valence-electron chi connectivity index (χ0n) is 9.20. The first-order chi connectivity index (χ1) is 7.16. The fraction of sp³-hybridized carbons (Fsp3) is 0.583. The predicted molar refractivity (Wildman–Crippen MR) is 61.8 cm³/mol. The largest absolute Gasteiger partial charge is 0.397 e.